The molecule has 0 bridgehead atoms. The molecule has 4 heteroatoms. The van der Waals surface area contributed by atoms with Crippen molar-refractivity contribution in [2.24, 2.45) is 0 Å². The lowest BCUT2D eigenvalue weighted by molar-refractivity contribution is -0.145. The van der Waals surface area contributed by atoms with Crippen molar-refractivity contribution in [3.8, 4) is 5.75 Å². The summed E-state index contributed by atoms with van der Waals surface area (Å²) in [5.74, 6) is -0.568. The summed E-state index contributed by atoms with van der Waals surface area (Å²) >= 11 is 0. The molecule has 17 heavy (non-hydrogen) atoms. The van der Waals surface area contributed by atoms with Crippen LogP contribution in [0.15, 0.2) is 18.2 Å². The summed E-state index contributed by atoms with van der Waals surface area (Å²) < 4.78 is 5.28. The van der Waals surface area contributed by atoms with Crippen molar-refractivity contribution >= 4 is 11.8 Å². The van der Waals surface area contributed by atoms with Crippen LogP contribution in [-0.2, 0) is 4.79 Å². The molecular weight excluding hydrogens is 220 g/mol. The van der Waals surface area contributed by atoms with E-state index in [9.17, 15) is 9.59 Å². The second-order valence-electron chi connectivity index (χ2n) is 4.48. The highest BCUT2D eigenvalue weighted by Gasteiger charge is 2.31. The fourth-order valence-electron chi connectivity index (χ4n) is 1.84. The van der Waals surface area contributed by atoms with Gasteiger partial charge in [0, 0.05) is 0 Å². The molecule has 1 N–H and O–H groups in total. The van der Waals surface area contributed by atoms with E-state index >= 15 is 0 Å². The SMILES string of the molecule is CC(C)c1ccc2c(c1)C(=O)CC(C(=O)O)O2. The van der Waals surface area contributed by atoms with Crippen LogP contribution in [0.5, 0.6) is 5.75 Å². The van der Waals surface area contributed by atoms with E-state index in [0.717, 1.165) is 5.56 Å². The second kappa shape index (κ2) is 4.20. The van der Waals surface area contributed by atoms with E-state index in [1.54, 1.807) is 12.1 Å². The molecule has 0 aromatic heterocycles. The van der Waals surface area contributed by atoms with Gasteiger partial charge >= 0.3 is 5.97 Å². The Balaban J connectivity index is 2.38. The maximum absolute atomic E-state index is 11.8. The lowest BCUT2D eigenvalue weighted by Crippen LogP contribution is -2.33. The quantitative estimate of drug-likeness (QED) is 0.852. The Bertz CT molecular complexity index is 476. The van der Waals surface area contributed by atoms with Crippen LogP contribution in [0.3, 0.4) is 0 Å². The van der Waals surface area contributed by atoms with Crippen molar-refractivity contribution in [1.29, 1.82) is 0 Å². The maximum Gasteiger partial charge on any atom is 0.345 e. The van der Waals surface area contributed by atoms with Gasteiger partial charge < -0.3 is 9.84 Å². The van der Waals surface area contributed by atoms with Crippen LogP contribution in [-0.4, -0.2) is 23.0 Å². The average Bonchev–Trinajstić information content (AvgIpc) is 2.28. The van der Waals surface area contributed by atoms with E-state index in [4.69, 9.17) is 9.84 Å². The van der Waals surface area contributed by atoms with Crippen molar-refractivity contribution < 1.29 is 19.4 Å². The van der Waals surface area contributed by atoms with E-state index in [2.05, 4.69) is 0 Å². The first-order chi connectivity index (χ1) is 7.99. The van der Waals surface area contributed by atoms with Gasteiger partial charge in [-0.3, -0.25) is 4.79 Å². The number of aliphatic carboxylic acids is 1. The van der Waals surface area contributed by atoms with Crippen LogP contribution < -0.4 is 4.74 Å². The van der Waals surface area contributed by atoms with Crippen LogP contribution in [0.4, 0.5) is 0 Å². The number of ketones is 1. The molecule has 0 saturated heterocycles. The minimum atomic E-state index is -1.10. The van der Waals surface area contributed by atoms with E-state index in [1.165, 1.54) is 0 Å². The minimum absolute atomic E-state index is 0.0934. The molecule has 0 amide bonds. The first kappa shape index (κ1) is 11.6. The topological polar surface area (TPSA) is 63.6 Å². The van der Waals surface area contributed by atoms with Gasteiger partial charge in [0.2, 0.25) is 6.10 Å². The zero-order valence-electron chi connectivity index (χ0n) is 9.77. The molecule has 1 heterocycles. The zero-order chi connectivity index (χ0) is 12.6. The number of fused-ring (bicyclic) bond motifs is 1. The molecule has 0 saturated carbocycles. The van der Waals surface area contributed by atoms with Gasteiger partial charge in [0.1, 0.15) is 5.75 Å². The molecule has 1 unspecified atom stereocenters. The Morgan fingerprint density at radius 2 is 2.18 bits per heavy atom. The van der Waals surface area contributed by atoms with E-state index in [-0.39, 0.29) is 12.2 Å². The summed E-state index contributed by atoms with van der Waals surface area (Å²) in [5.41, 5.74) is 1.54. The highest BCUT2D eigenvalue weighted by atomic mass is 16.5. The molecule has 0 aliphatic carbocycles. The molecule has 0 spiro atoms. The number of carboxylic acid groups (broad SMARTS) is 1. The third kappa shape index (κ3) is 2.16. The number of benzene rings is 1. The lowest BCUT2D eigenvalue weighted by Gasteiger charge is -2.23. The number of rotatable bonds is 2. The van der Waals surface area contributed by atoms with Crippen LogP contribution in [0.25, 0.3) is 0 Å². The monoisotopic (exact) mass is 234 g/mol. The lowest BCUT2D eigenvalue weighted by atomic mass is 9.95. The molecule has 1 aromatic carbocycles. The average molecular weight is 234 g/mol. The van der Waals surface area contributed by atoms with Crippen molar-refractivity contribution in [3.05, 3.63) is 29.3 Å². The Labute approximate surface area is 99.2 Å². The van der Waals surface area contributed by atoms with Gasteiger partial charge in [-0.25, -0.2) is 4.79 Å². The van der Waals surface area contributed by atoms with Crippen LogP contribution in [0, 0.1) is 0 Å². The Morgan fingerprint density at radius 1 is 1.47 bits per heavy atom. The van der Waals surface area contributed by atoms with Crippen molar-refractivity contribution in [2.45, 2.75) is 32.3 Å². The predicted octanol–water partition coefficient (Wildman–Crippen LogP) is 2.23. The predicted molar refractivity (Wildman–Crippen MR) is 61.5 cm³/mol. The summed E-state index contributed by atoms with van der Waals surface area (Å²) in [4.78, 5) is 22.6. The Hall–Kier alpha value is -1.84. The summed E-state index contributed by atoms with van der Waals surface area (Å²) in [6, 6.07) is 5.33. The second-order valence-corrected chi connectivity index (χ2v) is 4.48. The van der Waals surface area contributed by atoms with E-state index in [0.29, 0.717) is 17.2 Å². The molecule has 0 radical (unpaired) electrons. The largest absolute Gasteiger partial charge is 0.478 e. The number of ether oxygens (including phenoxy) is 1. The number of hydrogen-bond acceptors (Lipinski definition) is 3. The normalized spacial score (nSPS) is 18.8. The van der Waals surface area contributed by atoms with E-state index in [1.807, 2.05) is 19.9 Å². The Morgan fingerprint density at radius 3 is 2.76 bits per heavy atom. The number of carbonyl (C=O) groups is 2. The first-order valence-corrected chi connectivity index (χ1v) is 5.55. The summed E-state index contributed by atoms with van der Waals surface area (Å²) in [6.07, 6.45) is -1.15. The van der Waals surface area contributed by atoms with Gasteiger partial charge in [0.15, 0.2) is 5.78 Å². The summed E-state index contributed by atoms with van der Waals surface area (Å²) in [7, 11) is 0. The molecule has 90 valence electrons. The number of Topliss-reactive ketones (excluding diaryl/α,β-unsaturated/α-hetero) is 1. The maximum atomic E-state index is 11.8. The highest BCUT2D eigenvalue weighted by molar-refractivity contribution is 6.02. The smallest absolute Gasteiger partial charge is 0.345 e. The van der Waals surface area contributed by atoms with Gasteiger partial charge in [-0.05, 0) is 23.6 Å². The summed E-state index contributed by atoms with van der Waals surface area (Å²) in [6.45, 7) is 4.08. The molecule has 4 nitrogen and oxygen atoms in total. The molecule has 1 aromatic rings. The fraction of sp³-hybridized carbons (Fsp3) is 0.385. The molecule has 0 fully saturated rings. The standard InChI is InChI=1S/C13H14O4/c1-7(2)8-3-4-11-9(5-8)10(14)6-12(17-11)13(15)16/h3-5,7,12H,6H2,1-2H3,(H,15,16). The number of carbonyl (C=O) groups excluding carboxylic acids is 1. The molecule has 1 aliphatic rings. The number of hydrogen-bond donors (Lipinski definition) is 1. The highest BCUT2D eigenvalue weighted by Crippen LogP contribution is 2.30. The summed E-state index contributed by atoms with van der Waals surface area (Å²) in [5, 5.41) is 8.85. The van der Waals surface area contributed by atoms with Crippen LogP contribution in [0.2, 0.25) is 0 Å². The number of carboxylic acids is 1. The fourth-order valence-corrected chi connectivity index (χ4v) is 1.84. The van der Waals surface area contributed by atoms with Gasteiger partial charge in [0.25, 0.3) is 0 Å². The van der Waals surface area contributed by atoms with Gasteiger partial charge in [-0.1, -0.05) is 19.9 Å². The van der Waals surface area contributed by atoms with Crippen LogP contribution >= 0.6 is 0 Å². The third-order valence-corrected chi connectivity index (χ3v) is 2.89. The van der Waals surface area contributed by atoms with Gasteiger partial charge in [-0.15, -0.1) is 0 Å². The van der Waals surface area contributed by atoms with Crippen molar-refractivity contribution in [1.82, 2.24) is 0 Å². The van der Waals surface area contributed by atoms with Gasteiger partial charge in [0.05, 0.1) is 12.0 Å². The minimum Gasteiger partial charge on any atom is -0.478 e. The molecule has 1 atom stereocenters. The van der Waals surface area contributed by atoms with Crippen molar-refractivity contribution in [2.75, 3.05) is 0 Å². The molecule has 2 rings (SSSR count). The Kier molecular flexibility index (Phi) is 2.88. The van der Waals surface area contributed by atoms with Crippen LogP contribution in [0.1, 0.15) is 42.1 Å². The first-order valence-electron chi connectivity index (χ1n) is 5.55. The van der Waals surface area contributed by atoms with Crippen molar-refractivity contribution in [3.63, 3.8) is 0 Å². The molecule has 1 aliphatic heterocycles. The zero-order valence-corrected chi connectivity index (χ0v) is 9.77. The van der Waals surface area contributed by atoms with Gasteiger partial charge in [-0.2, -0.15) is 0 Å². The molecular formula is C13H14O4. The van der Waals surface area contributed by atoms with E-state index < -0.39 is 12.1 Å². The third-order valence-electron chi connectivity index (χ3n) is 2.89.